The van der Waals surface area contributed by atoms with E-state index in [1.165, 1.54) is 0 Å². The van der Waals surface area contributed by atoms with E-state index < -0.39 is 11.2 Å². The fourth-order valence-corrected chi connectivity index (χ4v) is 2.12. The fraction of sp³-hybridized carbons (Fsp3) is 0.286. The van der Waals surface area contributed by atoms with Gasteiger partial charge in [-0.05, 0) is 10.9 Å². The van der Waals surface area contributed by atoms with Gasteiger partial charge in [0.25, 0.3) is 0 Å². The van der Waals surface area contributed by atoms with Gasteiger partial charge in [0.2, 0.25) is 0 Å². The van der Waals surface area contributed by atoms with Crippen molar-refractivity contribution < 1.29 is 9.62 Å². The van der Waals surface area contributed by atoms with Crippen molar-refractivity contribution in [2.24, 2.45) is 0 Å². The molecular weight excluding hydrogens is 206 g/mol. The smallest absolute Gasteiger partial charge is 0.409 e. The van der Waals surface area contributed by atoms with E-state index in [1.807, 2.05) is 6.92 Å². The van der Waals surface area contributed by atoms with Crippen molar-refractivity contribution in [2.75, 3.05) is 0 Å². The molecule has 0 saturated heterocycles. The van der Waals surface area contributed by atoms with E-state index in [9.17, 15) is 14.7 Å². The Morgan fingerprint density at radius 1 is 1.50 bits per heavy atom. The van der Waals surface area contributed by atoms with Crippen LogP contribution in [0, 0.1) is 0 Å². The number of nitrogens with one attached hydrogen (secondary N) is 2. The maximum Gasteiger partial charge on any atom is 0.409 e. The van der Waals surface area contributed by atoms with Crippen LogP contribution in [0.1, 0.15) is 11.8 Å². The molecule has 0 aliphatic carbocycles. The molecule has 0 unspecified atom stereocenters. The number of hydrogen-bond donors (Lipinski definition) is 3. The minimum atomic E-state index is -0.636. The van der Waals surface area contributed by atoms with Crippen molar-refractivity contribution in [1.29, 1.82) is 0 Å². The summed E-state index contributed by atoms with van der Waals surface area (Å²) in [6, 6.07) is 0. The first-order valence-electron chi connectivity index (χ1n) is 4.02. The SMILES string of the molecule is CCc1sc2c(=O)[nH]c(=O)[nH][n+]2c1O. The normalized spacial score (nSPS) is 10.9. The fourth-order valence-electron chi connectivity index (χ4n) is 1.20. The summed E-state index contributed by atoms with van der Waals surface area (Å²) in [6.45, 7) is 1.86. The lowest BCUT2D eigenvalue weighted by atomic mass is 10.4. The first kappa shape index (κ1) is 8.95. The standard InChI is InChI=1S/C7H7N3O3S/c1-2-3-5(12)10-6(14-3)4(11)8-7(13)9-10/h2H2,1H3,(H2-,8,9,11,12,13)/p+1. The summed E-state index contributed by atoms with van der Waals surface area (Å²) in [5, 5.41) is 11.9. The molecule has 74 valence electrons. The number of rotatable bonds is 1. The van der Waals surface area contributed by atoms with E-state index in [1.54, 1.807) is 0 Å². The van der Waals surface area contributed by atoms with Gasteiger partial charge in [-0.1, -0.05) is 23.4 Å². The molecule has 0 aliphatic rings. The number of nitrogens with zero attached hydrogens (tertiary/aromatic N) is 1. The van der Waals surface area contributed by atoms with Gasteiger partial charge >= 0.3 is 22.0 Å². The second kappa shape index (κ2) is 2.95. The van der Waals surface area contributed by atoms with Crippen molar-refractivity contribution in [3.8, 4) is 5.88 Å². The lowest BCUT2D eigenvalue weighted by molar-refractivity contribution is -0.588. The molecule has 2 aromatic heterocycles. The first-order chi connectivity index (χ1) is 6.63. The summed E-state index contributed by atoms with van der Waals surface area (Å²) >= 11 is 1.16. The van der Waals surface area contributed by atoms with Gasteiger partial charge < -0.3 is 5.11 Å². The molecule has 14 heavy (non-hydrogen) atoms. The van der Waals surface area contributed by atoms with Crippen LogP contribution < -0.4 is 15.8 Å². The van der Waals surface area contributed by atoms with Gasteiger partial charge in [0.05, 0.1) is 0 Å². The average Bonchev–Trinajstić information content (AvgIpc) is 2.44. The molecule has 0 bridgehead atoms. The summed E-state index contributed by atoms with van der Waals surface area (Å²) in [5.41, 5.74) is -1.13. The molecule has 0 amide bonds. The van der Waals surface area contributed by atoms with Crippen LogP contribution in [-0.4, -0.2) is 15.2 Å². The van der Waals surface area contributed by atoms with Crippen molar-refractivity contribution in [3.05, 3.63) is 25.7 Å². The zero-order valence-electron chi connectivity index (χ0n) is 7.33. The molecule has 0 atom stereocenters. The summed E-state index contributed by atoms with van der Waals surface area (Å²) < 4.78 is 1.10. The minimum absolute atomic E-state index is 0.0734. The van der Waals surface area contributed by atoms with Crippen molar-refractivity contribution in [1.82, 2.24) is 10.1 Å². The van der Waals surface area contributed by atoms with Crippen LogP contribution in [0.5, 0.6) is 5.88 Å². The van der Waals surface area contributed by atoms with Crippen LogP contribution in [-0.2, 0) is 6.42 Å². The Morgan fingerprint density at radius 3 is 2.86 bits per heavy atom. The molecule has 3 N–H and O–H groups in total. The van der Waals surface area contributed by atoms with Crippen LogP contribution in [0.3, 0.4) is 0 Å². The number of aryl methyl sites for hydroxylation is 1. The van der Waals surface area contributed by atoms with Crippen LogP contribution in [0.2, 0.25) is 0 Å². The number of aromatic nitrogens is 3. The maximum atomic E-state index is 11.3. The highest BCUT2D eigenvalue weighted by atomic mass is 32.1. The Hall–Kier alpha value is -1.63. The maximum absolute atomic E-state index is 11.3. The number of aromatic amines is 2. The van der Waals surface area contributed by atoms with Gasteiger partial charge in [0, 0.05) is 0 Å². The minimum Gasteiger partial charge on any atom is -0.457 e. The third-order valence-corrected chi connectivity index (χ3v) is 3.12. The Kier molecular flexibility index (Phi) is 1.88. The lowest BCUT2D eigenvalue weighted by Crippen LogP contribution is -2.39. The van der Waals surface area contributed by atoms with E-state index in [0.29, 0.717) is 11.3 Å². The highest BCUT2D eigenvalue weighted by Gasteiger charge is 2.23. The highest BCUT2D eigenvalue weighted by molar-refractivity contribution is 7.17. The number of thiazole rings is 1. The number of hydrogen-bond acceptors (Lipinski definition) is 4. The van der Waals surface area contributed by atoms with Gasteiger partial charge in [-0.3, -0.25) is 9.78 Å². The van der Waals surface area contributed by atoms with E-state index in [4.69, 9.17) is 0 Å². The molecule has 0 saturated carbocycles. The lowest BCUT2D eigenvalue weighted by Gasteiger charge is -1.82. The Balaban J connectivity index is 2.99. The Morgan fingerprint density at radius 2 is 2.21 bits per heavy atom. The second-order valence-electron chi connectivity index (χ2n) is 2.74. The molecule has 7 heteroatoms. The number of H-pyrrole nitrogens is 2. The van der Waals surface area contributed by atoms with E-state index in [2.05, 4.69) is 10.1 Å². The Labute approximate surface area is 81.5 Å². The van der Waals surface area contributed by atoms with Crippen molar-refractivity contribution in [2.45, 2.75) is 13.3 Å². The zero-order chi connectivity index (χ0) is 10.3. The van der Waals surface area contributed by atoms with Gasteiger partial charge in [-0.15, -0.1) is 0 Å². The highest BCUT2D eigenvalue weighted by Crippen LogP contribution is 2.19. The zero-order valence-corrected chi connectivity index (χ0v) is 8.14. The van der Waals surface area contributed by atoms with Crippen molar-refractivity contribution in [3.63, 3.8) is 0 Å². The number of aromatic hydroxyl groups is 1. The average molecular weight is 214 g/mol. The monoisotopic (exact) mass is 214 g/mol. The predicted octanol–water partition coefficient (Wildman–Crippen LogP) is -0.869. The predicted molar refractivity (Wildman–Crippen MR) is 49.8 cm³/mol. The van der Waals surface area contributed by atoms with Crippen LogP contribution in [0.25, 0.3) is 4.83 Å². The molecule has 0 spiro atoms. The molecule has 0 aliphatic heterocycles. The third kappa shape index (κ3) is 1.13. The van der Waals surface area contributed by atoms with Gasteiger partial charge in [-0.25, -0.2) is 4.79 Å². The largest absolute Gasteiger partial charge is 0.457 e. The quantitative estimate of drug-likeness (QED) is 0.539. The first-order valence-corrected chi connectivity index (χ1v) is 4.84. The third-order valence-electron chi connectivity index (χ3n) is 1.84. The van der Waals surface area contributed by atoms with E-state index in [0.717, 1.165) is 15.9 Å². The van der Waals surface area contributed by atoms with Gasteiger partial charge in [0.15, 0.2) is 0 Å². The molecule has 2 heterocycles. The molecule has 6 nitrogen and oxygen atoms in total. The summed E-state index contributed by atoms with van der Waals surface area (Å²) in [4.78, 5) is 25.2. The summed E-state index contributed by atoms with van der Waals surface area (Å²) in [7, 11) is 0. The molecule has 0 fully saturated rings. The molecule has 0 radical (unpaired) electrons. The topological polar surface area (TPSA) is 90.0 Å². The van der Waals surface area contributed by atoms with Crippen molar-refractivity contribution >= 4 is 16.2 Å². The second-order valence-corrected chi connectivity index (χ2v) is 3.82. The summed E-state index contributed by atoms with van der Waals surface area (Å²) in [5.74, 6) is -0.0734. The van der Waals surface area contributed by atoms with Crippen LogP contribution in [0.15, 0.2) is 9.59 Å². The van der Waals surface area contributed by atoms with Gasteiger partial charge in [0.1, 0.15) is 4.88 Å². The molecule has 2 aromatic rings. The van der Waals surface area contributed by atoms with Gasteiger partial charge in [-0.2, -0.15) is 0 Å². The Bertz CT molecular complexity index is 594. The molecular formula is C7H8N3O3S+. The van der Waals surface area contributed by atoms with E-state index >= 15 is 0 Å². The van der Waals surface area contributed by atoms with Crippen LogP contribution in [0.4, 0.5) is 0 Å². The van der Waals surface area contributed by atoms with Crippen LogP contribution >= 0.6 is 11.3 Å². The molecule has 2 rings (SSSR count). The summed E-state index contributed by atoms with van der Waals surface area (Å²) in [6.07, 6.45) is 0.611. The molecule has 0 aromatic carbocycles. The number of fused-ring (bicyclic) bond motifs is 1. The van der Waals surface area contributed by atoms with E-state index in [-0.39, 0.29) is 10.7 Å².